The molecule has 0 aliphatic heterocycles. The van der Waals surface area contributed by atoms with E-state index in [-0.39, 0.29) is 12.3 Å². The van der Waals surface area contributed by atoms with Gasteiger partial charge in [-0.05, 0) is 62.2 Å². The number of furan rings is 1. The van der Waals surface area contributed by atoms with Gasteiger partial charge in [-0.25, -0.2) is 0 Å². The third-order valence-corrected chi connectivity index (χ3v) is 4.68. The molecule has 0 unspecified atom stereocenters. The maximum atomic E-state index is 12.4. The molecule has 3 rings (SSSR count). The van der Waals surface area contributed by atoms with Gasteiger partial charge in [-0.2, -0.15) is 0 Å². The molecule has 0 bridgehead atoms. The van der Waals surface area contributed by atoms with Crippen molar-refractivity contribution in [2.75, 3.05) is 11.9 Å². The van der Waals surface area contributed by atoms with Crippen LogP contribution in [0.3, 0.4) is 0 Å². The van der Waals surface area contributed by atoms with Gasteiger partial charge in [0.05, 0.1) is 19.3 Å². The average molecular weight is 358 g/mol. The van der Waals surface area contributed by atoms with Gasteiger partial charge in [-0.15, -0.1) is 0 Å². The maximum Gasteiger partial charge on any atom is 0.228 e. The monoisotopic (exact) mass is 357 g/mol. The fourth-order valence-corrected chi connectivity index (χ4v) is 3.07. The number of aryl methyl sites for hydroxylation is 2. The summed E-state index contributed by atoms with van der Waals surface area (Å²) in [7, 11) is 0. The lowest BCUT2D eigenvalue weighted by Crippen LogP contribution is -2.14. The van der Waals surface area contributed by atoms with Crippen LogP contribution in [0.1, 0.15) is 23.6 Å². The molecule has 3 aromatic rings. The number of carbonyl (C=O) groups excluding carboxylic acids is 1. The van der Waals surface area contributed by atoms with Gasteiger partial charge in [0.1, 0.15) is 11.3 Å². The molecule has 0 saturated carbocycles. The van der Waals surface area contributed by atoms with Crippen LogP contribution in [0.15, 0.2) is 41.0 Å². The van der Waals surface area contributed by atoms with Gasteiger partial charge < -0.3 is 14.5 Å². The fourth-order valence-electron chi connectivity index (χ4n) is 2.92. The van der Waals surface area contributed by atoms with E-state index in [1.54, 1.807) is 6.26 Å². The van der Waals surface area contributed by atoms with Crippen LogP contribution in [-0.4, -0.2) is 12.5 Å². The van der Waals surface area contributed by atoms with Crippen LogP contribution in [-0.2, 0) is 11.2 Å². The fraction of sp³-hybridized carbons (Fsp3) is 0.250. The zero-order valence-electron chi connectivity index (χ0n) is 14.5. The number of anilines is 1. The first-order chi connectivity index (χ1) is 12.0. The number of amides is 1. The molecule has 0 aliphatic carbocycles. The molecule has 1 N–H and O–H groups in total. The Labute approximate surface area is 151 Å². The molecule has 0 atom stereocenters. The van der Waals surface area contributed by atoms with Gasteiger partial charge in [-0.3, -0.25) is 4.79 Å². The second kappa shape index (κ2) is 7.19. The first kappa shape index (κ1) is 17.4. The summed E-state index contributed by atoms with van der Waals surface area (Å²) in [5, 5.41) is 4.52. The van der Waals surface area contributed by atoms with Crippen molar-refractivity contribution in [1.82, 2.24) is 0 Å². The quantitative estimate of drug-likeness (QED) is 0.675. The summed E-state index contributed by atoms with van der Waals surface area (Å²) in [6.45, 7) is 6.43. The molecule has 4 nitrogen and oxygen atoms in total. The van der Waals surface area contributed by atoms with E-state index in [1.807, 2.05) is 51.1 Å². The van der Waals surface area contributed by atoms with Gasteiger partial charge in [0.15, 0.2) is 0 Å². The molecular formula is C20H20ClNO3. The van der Waals surface area contributed by atoms with E-state index in [0.29, 0.717) is 11.6 Å². The Hall–Kier alpha value is -2.46. The van der Waals surface area contributed by atoms with Gasteiger partial charge in [-0.1, -0.05) is 11.6 Å². The number of nitrogens with one attached hydrogen (secondary N) is 1. The number of fused-ring (bicyclic) bond motifs is 1. The van der Waals surface area contributed by atoms with Crippen molar-refractivity contribution in [2.45, 2.75) is 27.2 Å². The summed E-state index contributed by atoms with van der Waals surface area (Å²) in [5.74, 6) is 0.671. The van der Waals surface area contributed by atoms with E-state index in [0.717, 1.165) is 39.1 Å². The van der Waals surface area contributed by atoms with E-state index in [9.17, 15) is 4.79 Å². The van der Waals surface area contributed by atoms with E-state index >= 15 is 0 Å². The van der Waals surface area contributed by atoms with Gasteiger partial charge in [0.2, 0.25) is 5.91 Å². The predicted molar refractivity (Wildman–Crippen MR) is 101 cm³/mol. The molecule has 1 amide bonds. The zero-order chi connectivity index (χ0) is 18.0. The Morgan fingerprint density at radius 2 is 1.96 bits per heavy atom. The van der Waals surface area contributed by atoms with E-state index < -0.39 is 0 Å². The third kappa shape index (κ3) is 3.64. The van der Waals surface area contributed by atoms with Crippen molar-refractivity contribution in [3.05, 3.63) is 58.3 Å². The molecule has 2 aromatic carbocycles. The van der Waals surface area contributed by atoms with Crippen molar-refractivity contribution in [3.63, 3.8) is 0 Å². The number of benzene rings is 2. The molecule has 5 heteroatoms. The van der Waals surface area contributed by atoms with Crippen LogP contribution in [0.2, 0.25) is 5.02 Å². The first-order valence-corrected chi connectivity index (χ1v) is 8.56. The minimum Gasteiger partial charge on any atom is -0.494 e. The molecule has 25 heavy (non-hydrogen) atoms. The molecule has 0 spiro atoms. The van der Waals surface area contributed by atoms with Gasteiger partial charge in [0, 0.05) is 21.7 Å². The summed E-state index contributed by atoms with van der Waals surface area (Å²) in [4.78, 5) is 12.4. The second-order valence-corrected chi connectivity index (χ2v) is 6.33. The van der Waals surface area contributed by atoms with E-state index in [1.165, 1.54) is 0 Å². The number of rotatable bonds is 5. The Bertz CT molecular complexity index is 913. The molecule has 130 valence electrons. The number of ether oxygens (including phenoxy) is 1. The topological polar surface area (TPSA) is 51.5 Å². The molecule has 0 saturated heterocycles. The van der Waals surface area contributed by atoms with E-state index in [2.05, 4.69) is 5.32 Å². The Balaban J connectivity index is 1.77. The standard InChI is InChI=1S/C20H20ClNO3/c1-4-24-16-7-5-15(6-8-16)22-18(23)10-14-11-25-17-9-12(2)20(21)13(3)19(14)17/h5-9,11H,4,10H2,1-3H3,(H,22,23). The van der Waals surface area contributed by atoms with Gasteiger partial charge >= 0.3 is 0 Å². The SMILES string of the molecule is CCOc1ccc(NC(=O)Cc2coc3cc(C)c(Cl)c(C)c23)cc1. The molecule has 0 radical (unpaired) electrons. The second-order valence-electron chi connectivity index (χ2n) is 5.95. The Kier molecular flexibility index (Phi) is 5.00. The highest BCUT2D eigenvalue weighted by atomic mass is 35.5. The number of hydrogen-bond donors (Lipinski definition) is 1. The van der Waals surface area contributed by atoms with Crippen molar-refractivity contribution >= 4 is 34.2 Å². The summed E-state index contributed by atoms with van der Waals surface area (Å²) in [6.07, 6.45) is 1.85. The minimum atomic E-state index is -0.108. The Morgan fingerprint density at radius 3 is 2.64 bits per heavy atom. The van der Waals surface area contributed by atoms with Crippen LogP contribution in [0, 0.1) is 13.8 Å². The van der Waals surface area contributed by atoms with Crippen LogP contribution in [0.5, 0.6) is 5.75 Å². The highest BCUT2D eigenvalue weighted by Gasteiger charge is 2.15. The van der Waals surface area contributed by atoms with Crippen LogP contribution in [0.4, 0.5) is 5.69 Å². The normalized spacial score (nSPS) is 10.9. The average Bonchev–Trinajstić information content (AvgIpc) is 2.97. The smallest absolute Gasteiger partial charge is 0.228 e. The number of carbonyl (C=O) groups is 1. The highest BCUT2D eigenvalue weighted by Crippen LogP contribution is 2.32. The summed E-state index contributed by atoms with van der Waals surface area (Å²) in [5.41, 5.74) is 4.22. The zero-order valence-corrected chi connectivity index (χ0v) is 15.2. The maximum absolute atomic E-state index is 12.4. The van der Waals surface area contributed by atoms with E-state index in [4.69, 9.17) is 20.8 Å². The largest absolute Gasteiger partial charge is 0.494 e. The van der Waals surface area contributed by atoms with Crippen molar-refractivity contribution in [2.24, 2.45) is 0 Å². The van der Waals surface area contributed by atoms with Crippen LogP contribution in [0.25, 0.3) is 11.0 Å². The van der Waals surface area contributed by atoms with Crippen LogP contribution < -0.4 is 10.1 Å². The highest BCUT2D eigenvalue weighted by molar-refractivity contribution is 6.33. The molecule has 0 fully saturated rings. The first-order valence-electron chi connectivity index (χ1n) is 8.18. The summed E-state index contributed by atoms with van der Waals surface area (Å²) >= 11 is 6.34. The minimum absolute atomic E-state index is 0.108. The molecule has 1 aromatic heterocycles. The van der Waals surface area contributed by atoms with Crippen molar-refractivity contribution < 1.29 is 13.9 Å². The number of halogens is 1. The van der Waals surface area contributed by atoms with Crippen molar-refractivity contribution in [1.29, 1.82) is 0 Å². The summed E-state index contributed by atoms with van der Waals surface area (Å²) < 4.78 is 11.0. The molecule has 1 heterocycles. The third-order valence-electron chi connectivity index (χ3n) is 4.09. The van der Waals surface area contributed by atoms with Crippen molar-refractivity contribution in [3.8, 4) is 5.75 Å². The van der Waals surface area contributed by atoms with Gasteiger partial charge in [0.25, 0.3) is 0 Å². The lowest BCUT2D eigenvalue weighted by Gasteiger charge is -2.08. The molecular weight excluding hydrogens is 338 g/mol. The summed E-state index contributed by atoms with van der Waals surface area (Å²) in [6, 6.07) is 9.21. The predicted octanol–water partition coefficient (Wildman–Crippen LogP) is 5.28. The lowest BCUT2D eigenvalue weighted by molar-refractivity contribution is -0.115. The van der Waals surface area contributed by atoms with Crippen LogP contribution >= 0.6 is 11.6 Å². The Morgan fingerprint density at radius 1 is 1.24 bits per heavy atom. The number of hydrogen-bond acceptors (Lipinski definition) is 3. The molecule has 0 aliphatic rings. The lowest BCUT2D eigenvalue weighted by atomic mass is 10.0.